The van der Waals surface area contributed by atoms with E-state index in [9.17, 15) is 0 Å². The maximum Gasteiger partial charge on any atom is 0.0921 e. The van der Waals surface area contributed by atoms with Crippen LogP contribution in [0.3, 0.4) is 0 Å². The Morgan fingerprint density at radius 1 is 0.946 bits per heavy atom. The molecule has 1 heterocycles. The number of hydrogen-bond donors (Lipinski definition) is 3. The van der Waals surface area contributed by atoms with Crippen LogP contribution in [0.1, 0.15) is 42.7 Å². The average Bonchev–Trinajstić information content (AvgIpc) is 3.43. The molecule has 3 aromatic carbocycles. The number of nitrogens with two attached hydrogens (primary N) is 2. The van der Waals surface area contributed by atoms with Crippen LogP contribution in [0.5, 0.6) is 0 Å². The minimum atomic E-state index is -1.74. The van der Waals surface area contributed by atoms with Crippen LogP contribution in [0, 0.1) is 6.92 Å². The van der Waals surface area contributed by atoms with E-state index in [4.69, 9.17) is 11.5 Å². The number of hydrogen-bond acceptors (Lipinski definition) is 4. The number of rotatable bonds is 9. The molecule has 196 valence electrons. The van der Waals surface area contributed by atoms with E-state index in [-0.39, 0.29) is 0 Å². The average molecular weight is 516 g/mol. The highest BCUT2D eigenvalue weighted by Gasteiger charge is 2.23. The number of aryl methyl sites for hydroxylation is 2. The number of nitrogen functional groups attached to an aromatic ring is 2. The van der Waals surface area contributed by atoms with Gasteiger partial charge in [-0.25, -0.2) is 4.98 Å². The summed E-state index contributed by atoms with van der Waals surface area (Å²) in [6.45, 7) is 7.23. The minimum Gasteiger partial charge on any atom is -0.399 e. The topological polar surface area (TPSA) is 84.0 Å². The normalized spacial score (nSPS) is 12.1. The molecule has 0 aliphatic rings. The van der Waals surface area contributed by atoms with Crippen LogP contribution in [-0.4, -0.2) is 32.1 Å². The zero-order valence-corrected chi connectivity index (χ0v) is 23.2. The molecule has 0 saturated heterocycles. The Labute approximate surface area is 223 Å². The molecular weight excluding hydrogens is 474 g/mol. The van der Waals surface area contributed by atoms with Crippen molar-refractivity contribution in [3.63, 3.8) is 0 Å². The lowest BCUT2D eigenvalue weighted by Gasteiger charge is -2.38. The predicted octanol–water partition coefficient (Wildman–Crippen LogP) is 6.60. The maximum atomic E-state index is 6.12. The van der Waals surface area contributed by atoms with Gasteiger partial charge in [-0.05, 0) is 79.3 Å². The molecule has 0 radical (unpaired) electrons. The zero-order valence-electron chi connectivity index (χ0n) is 22.4. The van der Waals surface area contributed by atoms with Gasteiger partial charge in [0.2, 0.25) is 0 Å². The molecule has 5 nitrogen and oxygen atoms in total. The molecule has 4 rings (SSSR count). The fourth-order valence-corrected chi connectivity index (χ4v) is 6.33. The molecule has 0 bridgehead atoms. The van der Waals surface area contributed by atoms with Crippen LogP contribution in [0.2, 0.25) is 0 Å². The van der Waals surface area contributed by atoms with Gasteiger partial charge in [-0.2, -0.15) is 0 Å². The van der Waals surface area contributed by atoms with E-state index in [1.807, 2.05) is 24.4 Å². The highest BCUT2D eigenvalue weighted by Crippen LogP contribution is 2.41. The Kier molecular flexibility index (Phi) is 10.0. The third-order valence-corrected chi connectivity index (χ3v) is 9.07. The zero-order chi connectivity index (χ0) is 26.8. The molecule has 0 saturated carbocycles. The van der Waals surface area contributed by atoms with Gasteiger partial charge in [0.1, 0.15) is 0 Å². The Balaban J connectivity index is 0.000000468. The summed E-state index contributed by atoms with van der Waals surface area (Å²) in [7, 11) is -1.74. The van der Waals surface area contributed by atoms with Crippen LogP contribution in [0.25, 0.3) is 0 Å². The summed E-state index contributed by atoms with van der Waals surface area (Å²) in [5.74, 6) is 9.31. The summed E-state index contributed by atoms with van der Waals surface area (Å²) in [6, 6.07) is 25.1. The molecule has 1 atom stereocenters. The maximum absolute atomic E-state index is 6.12. The SMILES string of the molecule is C=S(=C)(c1ccc(N)cc1)N(Cc1cc(N)ccc1C)[C@@H](CC)Cc1ccccc1.CCc1cnc[nH]1. The van der Waals surface area contributed by atoms with Gasteiger partial charge < -0.3 is 16.5 Å². The van der Waals surface area contributed by atoms with Crippen molar-refractivity contribution in [3.05, 3.63) is 108 Å². The molecule has 5 N–H and O–H groups in total. The van der Waals surface area contributed by atoms with Crippen molar-refractivity contribution in [3.8, 4) is 0 Å². The van der Waals surface area contributed by atoms with Gasteiger partial charge >= 0.3 is 0 Å². The number of anilines is 2. The van der Waals surface area contributed by atoms with E-state index < -0.39 is 9.39 Å². The molecule has 1 aromatic heterocycles. The van der Waals surface area contributed by atoms with E-state index >= 15 is 0 Å². The molecule has 0 amide bonds. The molecule has 0 fully saturated rings. The van der Waals surface area contributed by atoms with E-state index in [0.717, 1.165) is 42.1 Å². The number of imidazole rings is 1. The monoisotopic (exact) mass is 515 g/mol. The highest BCUT2D eigenvalue weighted by atomic mass is 32.2. The number of nitrogens with zero attached hydrogens (tertiary/aromatic N) is 2. The van der Waals surface area contributed by atoms with Gasteiger partial charge in [0.05, 0.1) is 6.33 Å². The lowest BCUT2D eigenvalue weighted by molar-refractivity contribution is 0.331. The summed E-state index contributed by atoms with van der Waals surface area (Å²) in [4.78, 5) is 7.94. The number of aromatic nitrogens is 2. The Hall–Kier alpha value is -3.48. The smallest absolute Gasteiger partial charge is 0.0921 e. The van der Waals surface area contributed by atoms with E-state index in [2.05, 4.69) is 101 Å². The molecule has 37 heavy (non-hydrogen) atoms. The second kappa shape index (κ2) is 13.2. The van der Waals surface area contributed by atoms with Gasteiger partial charge in [-0.1, -0.05) is 62.0 Å². The standard InChI is InChI=1S/C26H33N3S.C5H8N2/c1-5-25(17-21-9-7-6-8-10-21)29(19-22-18-24(28)12-11-20(22)2)30(3,4)26-15-13-23(27)14-16-26;1-2-5-3-6-4-7-5/h6-16,18,25H,3-5,17,19,27-28H2,1-2H3;3-4H,2H2,1H3,(H,6,7)/t25-;/m0./s1. The number of aromatic amines is 1. The quantitative estimate of drug-likeness (QED) is 0.173. The van der Waals surface area contributed by atoms with E-state index in [1.54, 1.807) is 6.33 Å². The first-order chi connectivity index (χ1) is 17.7. The minimum absolute atomic E-state index is 0.302. The van der Waals surface area contributed by atoms with Crippen LogP contribution in [0.4, 0.5) is 11.4 Å². The van der Waals surface area contributed by atoms with Crippen molar-refractivity contribution in [2.45, 2.75) is 57.5 Å². The van der Waals surface area contributed by atoms with Gasteiger partial charge in [-0.3, -0.25) is 4.31 Å². The van der Waals surface area contributed by atoms with E-state index in [1.165, 1.54) is 22.4 Å². The van der Waals surface area contributed by atoms with Crippen LogP contribution in [0.15, 0.2) is 90.2 Å². The van der Waals surface area contributed by atoms with Crippen LogP contribution >= 0.6 is 9.39 Å². The molecular formula is C31H41N5S. The van der Waals surface area contributed by atoms with Crippen LogP contribution in [-0.2, 0) is 19.4 Å². The largest absolute Gasteiger partial charge is 0.399 e. The second-order valence-electron chi connectivity index (χ2n) is 9.35. The summed E-state index contributed by atoms with van der Waals surface area (Å²) in [5, 5.41) is 0. The first-order valence-corrected chi connectivity index (χ1v) is 14.6. The van der Waals surface area contributed by atoms with Gasteiger partial charge in [0, 0.05) is 40.7 Å². The molecule has 4 aromatic rings. The van der Waals surface area contributed by atoms with Crippen molar-refractivity contribution >= 4 is 32.5 Å². The van der Waals surface area contributed by atoms with Gasteiger partial charge in [0.25, 0.3) is 0 Å². The third kappa shape index (κ3) is 7.75. The molecule has 6 heteroatoms. The summed E-state index contributed by atoms with van der Waals surface area (Å²) >= 11 is 0. The van der Waals surface area contributed by atoms with Crippen molar-refractivity contribution in [2.75, 3.05) is 11.5 Å². The Morgan fingerprint density at radius 2 is 1.62 bits per heavy atom. The van der Waals surface area contributed by atoms with Crippen LogP contribution < -0.4 is 11.5 Å². The Bertz CT molecular complexity index is 1330. The first kappa shape index (κ1) is 28.1. The van der Waals surface area contributed by atoms with Crippen molar-refractivity contribution in [1.82, 2.24) is 14.3 Å². The molecule has 0 spiro atoms. The van der Waals surface area contributed by atoms with E-state index in [0.29, 0.717) is 6.04 Å². The fourth-order valence-electron chi connectivity index (χ4n) is 4.24. The first-order valence-electron chi connectivity index (χ1n) is 12.7. The lowest BCUT2D eigenvalue weighted by Crippen LogP contribution is -2.34. The van der Waals surface area contributed by atoms with Crippen molar-refractivity contribution in [2.24, 2.45) is 0 Å². The van der Waals surface area contributed by atoms with Crippen molar-refractivity contribution in [1.29, 1.82) is 0 Å². The fraction of sp³-hybridized carbons (Fsp3) is 0.258. The van der Waals surface area contributed by atoms with Gasteiger partial charge in [0.15, 0.2) is 0 Å². The van der Waals surface area contributed by atoms with Crippen molar-refractivity contribution < 1.29 is 0 Å². The number of benzene rings is 3. The Morgan fingerprint density at radius 3 is 2.19 bits per heavy atom. The summed E-state index contributed by atoms with van der Waals surface area (Å²) < 4.78 is 2.49. The molecule has 0 aliphatic heterocycles. The molecule has 0 aliphatic carbocycles. The van der Waals surface area contributed by atoms with Gasteiger partial charge in [-0.15, -0.1) is 9.39 Å². The highest BCUT2D eigenvalue weighted by molar-refractivity contribution is 8.25. The predicted molar refractivity (Wildman–Crippen MR) is 164 cm³/mol. The lowest BCUT2D eigenvalue weighted by atomic mass is 10.0. The summed E-state index contributed by atoms with van der Waals surface area (Å²) in [5.41, 5.74) is 18.6. The number of H-pyrrole nitrogens is 1. The summed E-state index contributed by atoms with van der Waals surface area (Å²) in [6.07, 6.45) is 6.53. The molecule has 0 unspecified atom stereocenters. The third-order valence-electron chi connectivity index (χ3n) is 6.60. The second-order valence-corrected chi connectivity index (χ2v) is 12.0. The number of nitrogens with one attached hydrogen (secondary N) is 1.